The molecular formula is C11H19NO3S. The molecule has 1 heterocycles. The number of furan rings is 1. The van der Waals surface area contributed by atoms with Crippen molar-refractivity contribution in [3.63, 3.8) is 0 Å². The van der Waals surface area contributed by atoms with Gasteiger partial charge in [0.2, 0.25) is 0 Å². The van der Waals surface area contributed by atoms with E-state index >= 15 is 0 Å². The van der Waals surface area contributed by atoms with Crippen molar-refractivity contribution in [1.82, 2.24) is 5.32 Å². The summed E-state index contributed by atoms with van der Waals surface area (Å²) in [6, 6.07) is 3.92. The van der Waals surface area contributed by atoms with Crippen LogP contribution in [0.15, 0.2) is 22.8 Å². The summed E-state index contributed by atoms with van der Waals surface area (Å²) in [7, 11) is -2.92. The van der Waals surface area contributed by atoms with Gasteiger partial charge in [-0.25, -0.2) is 8.42 Å². The van der Waals surface area contributed by atoms with Crippen LogP contribution in [0.3, 0.4) is 0 Å². The van der Waals surface area contributed by atoms with Gasteiger partial charge in [0.15, 0.2) is 0 Å². The van der Waals surface area contributed by atoms with E-state index in [1.165, 1.54) is 6.26 Å². The van der Waals surface area contributed by atoms with E-state index in [1.807, 2.05) is 26.0 Å². The number of rotatable bonds is 6. The van der Waals surface area contributed by atoms with E-state index in [9.17, 15) is 8.42 Å². The second kappa shape index (κ2) is 5.50. The zero-order valence-corrected chi connectivity index (χ0v) is 10.8. The topological polar surface area (TPSA) is 59.3 Å². The molecule has 0 aliphatic heterocycles. The molecule has 2 atom stereocenters. The fourth-order valence-corrected chi connectivity index (χ4v) is 2.78. The van der Waals surface area contributed by atoms with Crippen LogP contribution >= 0.6 is 0 Å². The maximum atomic E-state index is 11.1. The third kappa shape index (κ3) is 5.32. The first-order valence-electron chi connectivity index (χ1n) is 5.33. The van der Waals surface area contributed by atoms with Gasteiger partial charge >= 0.3 is 0 Å². The monoisotopic (exact) mass is 245 g/mol. The molecule has 0 aliphatic rings. The molecule has 1 aromatic heterocycles. The lowest BCUT2D eigenvalue weighted by Gasteiger charge is -2.18. The molecule has 1 aromatic rings. The quantitative estimate of drug-likeness (QED) is 0.819. The highest BCUT2D eigenvalue weighted by Crippen LogP contribution is 2.04. The summed E-state index contributed by atoms with van der Waals surface area (Å²) in [4.78, 5) is 0. The van der Waals surface area contributed by atoms with E-state index < -0.39 is 9.84 Å². The fraction of sp³-hybridized carbons (Fsp3) is 0.636. The predicted molar refractivity (Wildman–Crippen MR) is 64.2 cm³/mol. The van der Waals surface area contributed by atoms with Gasteiger partial charge in [-0.15, -0.1) is 0 Å². The summed E-state index contributed by atoms with van der Waals surface area (Å²) in [5.74, 6) is 1.07. The van der Waals surface area contributed by atoms with Gasteiger partial charge in [0, 0.05) is 24.8 Å². The lowest BCUT2D eigenvalue weighted by atomic mass is 10.2. The minimum Gasteiger partial charge on any atom is -0.469 e. The molecule has 0 spiro atoms. The smallest absolute Gasteiger partial charge is 0.148 e. The third-order valence-electron chi connectivity index (χ3n) is 2.21. The number of nitrogens with one attached hydrogen (secondary N) is 1. The van der Waals surface area contributed by atoms with Crippen LogP contribution < -0.4 is 5.32 Å². The van der Waals surface area contributed by atoms with Crippen molar-refractivity contribution >= 4 is 9.84 Å². The van der Waals surface area contributed by atoms with Crippen molar-refractivity contribution in [3.05, 3.63) is 24.2 Å². The van der Waals surface area contributed by atoms with E-state index in [0.717, 1.165) is 12.2 Å². The molecule has 5 heteroatoms. The number of hydrogen-bond donors (Lipinski definition) is 1. The van der Waals surface area contributed by atoms with Gasteiger partial charge in [-0.2, -0.15) is 0 Å². The first kappa shape index (κ1) is 13.3. The van der Waals surface area contributed by atoms with Gasteiger partial charge in [-0.1, -0.05) is 0 Å². The number of sulfone groups is 1. The Bertz CT molecular complexity index is 397. The maximum Gasteiger partial charge on any atom is 0.148 e. The van der Waals surface area contributed by atoms with E-state index in [0.29, 0.717) is 0 Å². The molecule has 1 N–H and O–H groups in total. The van der Waals surface area contributed by atoms with Gasteiger partial charge in [-0.3, -0.25) is 0 Å². The van der Waals surface area contributed by atoms with Crippen molar-refractivity contribution in [3.8, 4) is 0 Å². The zero-order chi connectivity index (χ0) is 12.2. The molecule has 4 nitrogen and oxygen atoms in total. The Morgan fingerprint density at radius 3 is 2.56 bits per heavy atom. The Balaban J connectivity index is 2.37. The molecule has 0 saturated carbocycles. The molecule has 0 aromatic carbocycles. The van der Waals surface area contributed by atoms with Crippen LogP contribution in [0.25, 0.3) is 0 Å². The zero-order valence-electron chi connectivity index (χ0n) is 9.93. The van der Waals surface area contributed by atoms with Gasteiger partial charge < -0.3 is 9.73 Å². The number of hydrogen-bond acceptors (Lipinski definition) is 4. The van der Waals surface area contributed by atoms with Gasteiger partial charge in [0.1, 0.15) is 15.6 Å². The van der Waals surface area contributed by atoms with Gasteiger partial charge in [0.25, 0.3) is 0 Å². The summed E-state index contributed by atoms with van der Waals surface area (Å²) in [5.41, 5.74) is 0. The first-order valence-corrected chi connectivity index (χ1v) is 7.39. The Morgan fingerprint density at radius 1 is 1.38 bits per heavy atom. The molecule has 0 bridgehead atoms. The lowest BCUT2D eigenvalue weighted by Crippen LogP contribution is -2.39. The van der Waals surface area contributed by atoms with Crippen LogP contribution in [0.1, 0.15) is 19.6 Å². The lowest BCUT2D eigenvalue weighted by molar-refractivity contribution is 0.434. The Morgan fingerprint density at radius 2 is 2.06 bits per heavy atom. The van der Waals surface area contributed by atoms with E-state index in [1.54, 1.807) is 6.26 Å². The fourth-order valence-electron chi connectivity index (χ4n) is 1.78. The van der Waals surface area contributed by atoms with Crippen molar-refractivity contribution in [2.75, 3.05) is 12.0 Å². The highest BCUT2D eigenvalue weighted by Gasteiger charge is 2.13. The molecule has 0 saturated heterocycles. The Kier molecular flexibility index (Phi) is 4.56. The van der Waals surface area contributed by atoms with Crippen LogP contribution in [0, 0.1) is 0 Å². The molecule has 2 unspecified atom stereocenters. The summed E-state index contributed by atoms with van der Waals surface area (Å²) in [5, 5.41) is 3.24. The van der Waals surface area contributed by atoms with E-state index in [2.05, 4.69) is 5.32 Å². The molecular weight excluding hydrogens is 226 g/mol. The van der Waals surface area contributed by atoms with Crippen LogP contribution in [0.2, 0.25) is 0 Å². The standard InChI is InChI=1S/C11H19NO3S/c1-9(7-11-5-4-6-15-11)12-10(2)8-16(3,13)14/h4-6,9-10,12H,7-8H2,1-3H3. The molecule has 92 valence electrons. The van der Waals surface area contributed by atoms with Gasteiger partial charge in [0.05, 0.1) is 12.0 Å². The highest BCUT2D eigenvalue weighted by atomic mass is 32.2. The second-order valence-electron chi connectivity index (χ2n) is 4.34. The Labute approximate surface area is 97.0 Å². The maximum absolute atomic E-state index is 11.1. The predicted octanol–water partition coefficient (Wildman–Crippen LogP) is 1.23. The van der Waals surface area contributed by atoms with Crippen molar-refractivity contribution < 1.29 is 12.8 Å². The summed E-state index contributed by atoms with van der Waals surface area (Å²) in [6.07, 6.45) is 3.66. The first-order chi connectivity index (χ1) is 7.37. The molecule has 16 heavy (non-hydrogen) atoms. The highest BCUT2D eigenvalue weighted by molar-refractivity contribution is 7.90. The molecule has 0 fully saturated rings. The van der Waals surface area contributed by atoms with E-state index in [-0.39, 0.29) is 17.8 Å². The van der Waals surface area contributed by atoms with Crippen molar-refractivity contribution in [2.45, 2.75) is 32.4 Å². The van der Waals surface area contributed by atoms with Gasteiger partial charge in [-0.05, 0) is 26.0 Å². The van der Waals surface area contributed by atoms with Crippen LogP contribution in [-0.4, -0.2) is 32.5 Å². The Hall–Kier alpha value is -0.810. The second-order valence-corrected chi connectivity index (χ2v) is 6.53. The average molecular weight is 245 g/mol. The summed E-state index contributed by atoms with van der Waals surface area (Å²) < 4.78 is 27.4. The SMILES string of the molecule is CC(Cc1ccco1)NC(C)CS(C)(=O)=O. The normalized spacial score (nSPS) is 15.9. The average Bonchev–Trinajstić information content (AvgIpc) is 2.51. The van der Waals surface area contributed by atoms with Crippen molar-refractivity contribution in [2.24, 2.45) is 0 Å². The molecule has 0 radical (unpaired) electrons. The molecule has 1 rings (SSSR count). The molecule has 0 aliphatic carbocycles. The minimum atomic E-state index is -2.92. The third-order valence-corrected chi connectivity index (χ3v) is 3.31. The summed E-state index contributed by atoms with van der Waals surface area (Å²) in [6.45, 7) is 3.89. The van der Waals surface area contributed by atoms with Crippen LogP contribution in [-0.2, 0) is 16.3 Å². The largest absolute Gasteiger partial charge is 0.469 e. The van der Waals surface area contributed by atoms with E-state index in [4.69, 9.17) is 4.42 Å². The molecule has 0 amide bonds. The van der Waals surface area contributed by atoms with Crippen LogP contribution in [0.4, 0.5) is 0 Å². The summed E-state index contributed by atoms with van der Waals surface area (Å²) >= 11 is 0. The van der Waals surface area contributed by atoms with Crippen molar-refractivity contribution in [1.29, 1.82) is 0 Å². The van der Waals surface area contributed by atoms with Crippen LogP contribution in [0.5, 0.6) is 0 Å². The minimum absolute atomic E-state index is 0.0417.